The van der Waals surface area contributed by atoms with Crippen molar-refractivity contribution in [1.29, 1.82) is 0 Å². The first-order chi connectivity index (χ1) is 10.2. The minimum Gasteiger partial charge on any atom is -0.492 e. The number of ether oxygens (including phenoxy) is 2. The molecule has 116 valence electrons. The lowest BCUT2D eigenvalue weighted by atomic mass is 10.1. The highest BCUT2D eigenvalue weighted by Crippen LogP contribution is 2.18. The number of likely N-dealkylation sites (N-methyl/N-ethyl adjacent to an activating group) is 1. The fourth-order valence-corrected chi connectivity index (χ4v) is 2.67. The average molecular weight is 308 g/mol. The third-order valence-corrected chi connectivity index (χ3v) is 3.89. The van der Waals surface area contributed by atoms with E-state index in [1.807, 2.05) is 24.3 Å². The summed E-state index contributed by atoms with van der Waals surface area (Å²) in [5.74, 6) is 0.757. The van der Waals surface area contributed by atoms with Crippen molar-refractivity contribution in [3.63, 3.8) is 0 Å². The number of nitrogens with zero attached hydrogens (tertiary/aromatic N) is 1. The van der Waals surface area contributed by atoms with Crippen LogP contribution in [0.4, 0.5) is 0 Å². The zero-order valence-electron chi connectivity index (χ0n) is 12.6. The van der Waals surface area contributed by atoms with Gasteiger partial charge in [-0.1, -0.05) is 24.4 Å². The van der Waals surface area contributed by atoms with E-state index in [1.54, 1.807) is 0 Å². The van der Waals surface area contributed by atoms with E-state index in [2.05, 4.69) is 11.9 Å². The normalized spacial score (nSPS) is 18.7. The molecule has 1 aliphatic heterocycles. The van der Waals surface area contributed by atoms with Crippen molar-refractivity contribution in [2.45, 2.75) is 25.4 Å². The molecule has 1 unspecified atom stereocenters. The molecule has 0 aromatic heterocycles. The van der Waals surface area contributed by atoms with Gasteiger partial charge in [0.2, 0.25) is 0 Å². The minimum absolute atomic E-state index is 0.368. The van der Waals surface area contributed by atoms with Crippen LogP contribution in [0.1, 0.15) is 24.8 Å². The second kappa shape index (κ2) is 8.32. The summed E-state index contributed by atoms with van der Waals surface area (Å²) in [5, 5.41) is 0. The summed E-state index contributed by atoms with van der Waals surface area (Å²) in [4.78, 5) is 2.62. The van der Waals surface area contributed by atoms with E-state index in [-0.39, 0.29) is 0 Å². The van der Waals surface area contributed by atoms with Crippen molar-refractivity contribution >= 4 is 17.2 Å². The van der Waals surface area contributed by atoms with Gasteiger partial charge in [0.1, 0.15) is 17.3 Å². The Morgan fingerprint density at radius 1 is 1.43 bits per heavy atom. The Hall–Kier alpha value is -1.17. The standard InChI is InChI=1S/C16H24N2O2S/c1-18(12-13-6-4-5-10-19-13)9-11-20-15-8-3-2-7-14(15)16(17)21/h2-3,7-8,13H,4-6,9-12H2,1H3,(H2,17,21). The molecule has 1 saturated heterocycles. The first-order valence-corrected chi connectivity index (χ1v) is 7.89. The molecule has 0 bridgehead atoms. The molecule has 0 spiro atoms. The summed E-state index contributed by atoms with van der Waals surface area (Å²) in [6.45, 7) is 3.32. The third kappa shape index (κ3) is 5.26. The van der Waals surface area contributed by atoms with Crippen molar-refractivity contribution in [3.8, 4) is 5.75 Å². The first kappa shape index (κ1) is 16.2. The molecule has 4 nitrogen and oxygen atoms in total. The number of benzene rings is 1. The van der Waals surface area contributed by atoms with Crippen LogP contribution in [-0.4, -0.2) is 49.3 Å². The number of thiocarbonyl (C=S) groups is 1. The molecule has 0 radical (unpaired) electrons. The summed E-state index contributed by atoms with van der Waals surface area (Å²) in [6, 6.07) is 7.63. The number of hydrogen-bond donors (Lipinski definition) is 1. The molecule has 1 heterocycles. The third-order valence-electron chi connectivity index (χ3n) is 3.67. The van der Waals surface area contributed by atoms with Gasteiger partial charge in [0, 0.05) is 19.7 Å². The van der Waals surface area contributed by atoms with Crippen LogP contribution in [0.5, 0.6) is 5.75 Å². The smallest absolute Gasteiger partial charge is 0.129 e. The summed E-state index contributed by atoms with van der Waals surface area (Å²) < 4.78 is 11.6. The predicted octanol–water partition coefficient (Wildman–Crippen LogP) is 2.20. The number of nitrogens with two attached hydrogens (primary N) is 1. The Morgan fingerprint density at radius 2 is 2.24 bits per heavy atom. The van der Waals surface area contributed by atoms with Gasteiger partial charge in [-0.2, -0.15) is 0 Å². The van der Waals surface area contributed by atoms with Gasteiger partial charge in [-0.05, 0) is 38.4 Å². The Morgan fingerprint density at radius 3 is 2.95 bits per heavy atom. The zero-order valence-corrected chi connectivity index (χ0v) is 13.4. The van der Waals surface area contributed by atoms with Crippen molar-refractivity contribution in [2.24, 2.45) is 5.73 Å². The van der Waals surface area contributed by atoms with Gasteiger partial charge in [-0.15, -0.1) is 0 Å². The van der Waals surface area contributed by atoms with Crippen molar-refractivity contribution in [3.05, 3.63) is 29.8 Å². The molecular weight excluding hydrogens is 284 g/mol. The summed E-state index contributed by atoms with van der Waals surface area (Å²) >= 11 is 5.03. The van der Waals surface area contributed by atoms with Crippen LogP contribution in [0.2, 0.25) is 0 Å². The highest BCUT2D eigenvalue weighted by atomic mass is 32.1. The fraction of sp³-hybridized carbons (Fsp3) is 0.562. The number of para-hydroxylation sites is 1. The Labute approximate surface area is 132 Å². The summed E-state index contributed by atoms with van der Waals surface area (Å²) in [7, 11) is 2.10. The lowest BCUT2D eigenvalue weighted by Crippen LogP contribution is -2.35. The van der Waals surface area contributed by atoms with E-state index in [4.69, 9.17) is 27.4 Å². The molecule has 1 fully saturated rings. The molecule has 1 aromatic carbocycles. The zero-order chi connectivity index (χ0) is 15.1. The Bertz CT molecular complexity index is 461. The van der Waals surface area contributed by atoms with E-state index in [0.29, 0.717) is 17.7 Å². The topological polar surface area (TPSA) is 47.7 Å². The molecule has 0 aliphatic carbocycles. The second-order valence-electron chi connectivity index (χ2n) is 5.46. The van der Waals surface area contributed by atoms with E-state index in [0.717, 1.165) is 37.4 Å². The molecular formula is C16H24N2O2S. The highest BCUT2D eigenvalue weighted by molar-refractivity contribution is 7.80. The maximum absolute atomic E-state index is 5.81. The summed E-state index contributed by atoms with van der Waals surface area (Å²) in [6.07, 6.45) is 4.00. The van der Waals surface area contributed by atoms with Gasteiger partial charge in [0.15, 0.2) is 0 Å². The number of rotatable bonds is 7. The van der Waals surface area contributed by atoms with Gasteiger partial charge >= 0.3 is 0 Å². The lowest BCUT2D eigenvalue weighted by Gasteiger charge is -2.27. The quantitative estimate of drug-likeness (QED) is 0.783. The maximum atomic E-state index is 5.81. The summed E-state index contributed by atoms with van der Waals surface area (Å²) in [5.41, 5.74) is 6.49. The second-order valence-corrected chi connectivity index (χ2v) is 5.90. The molecule has 0 saturated carbocycles. The average Bonchev–Trinajstić information content (AvgIpc) is 2.48. The van der Waals surface area contributed by atoms with Crippen LogP contribution < -0.4 is 10.5 Å². The molecule has 1 aromatic rings. The van der Waals surface area contributed by atoms with Crippen LogP contribution in [0.3, 0.4) is 0 Å². The van der Waals surface area contributed by atoms with Gasteiger partial charge in [-0.3, -0.25) is 0 Å². The van der Waals surface area contributed by atoms with Crippen LogP contribution in [0.15, 0.2) is 24.3 Å². The minimum atomic E-state index is 0.368. The Kier molecular flexibility index (Phi) is 6.42. The van der Waals surface area contributed by atoms with Gasteiger partial charge in [-0.25, -0.2) is 0 Å². The van der Waals surface area contributed by atoms with Crippen LogP contribution in [0.25, 0.3) is 0 Å². The monoisotopic (exact) mass is 308 g/mol. The highest BCUT2D eigenvalue weighted by Gasteiger charge is 2.15. The van der Waals surface area contributed by atoms with Crippen molar-refractivity contribution in [2.75, 3.05) is 33.4 Å². The van der Waals surface area contributed by atoms with Gasteiger partial charge in [0.05, 0.1) is 11.7 Å². The van der Waals surface area contributed by atoms with Crippen LogP contribution in [-0.2, 0) is 4.74 Å². The number of hydrogen-bond acceptors (Lipinski definition) is 4. The van der Waals surface area contributed by atoms with E-state index in [1.165, 1.54) is 12.8 Å². The molecule has 1 aliphatic rings. The molecule has 2 N–H and O–H groups in total. The van der Waals surface area contributed by atoms with Crippen molar-refractivity contribution in [1.82, 2.24) is 4.90 Å². The van der Waals surface area contributed by atoms with E-state index < -0.39 is 0 Å². The van der Waals surface area contributed by atoms with Crippen molar-refractivity contribution < 1.29 is 9.47 Å². The molecule has 5 heteroatoms. The van der Waals surface area contributed by atoms with E-state index >= 15 is 0 Å². The largest absolute Gasteiger partial charge is 0.492 e. The molecule has 1 atom stereocenters. The van der Waals surface area contributed by atoms with Gasteiger partial charge in [0.25, 0.3) is 0 Å². The molecule has 2 rings (SSSR count). The first-order valence-electron chi connectivity index (χ1n) is 7.48. The van der Waals surface area contributed by atoms with E-state index in [9.17, 15) is 0 Å². The van der Waals surface area contributed by atoms with Gasteiger partial charge < -0.3 is 20.1 Å². The molecule has 21 heavy (non-hydrogen) atoms. The fourth-order valence-electron chi connectivity index (χ4n) is 2.50. The Balaban J connectivity index is 1.74. The maximum Gasteiger partial charge on any atom is 0.129 e. The SMILES string of the molecule is CN(CCOc1ccccc1C(N)=S)CC1CCCCO1. The lowest BCUT2D eigenvalue weighted by molar-refractivity contribution is -0.00283. The predicted molar refractivity (Wildman–Crippen MR) is 88.9 cm³/mol. The van der Waals surface area contributed by atoms with Crippen LogP contribution >= 0.6 is 12.2 Å². The molecule has 0 amide bonds. The van der Waals surface area contributed by atoms with Crippen LogP contribution in [0, 0.1) is 0 Å².